The van der Waals surface area contributed by atoms with Crippen LogP contribution in [0.3, 0.4) is 0 Å². The molecule has 2 aromatic heterocycles. The minimum absolute atomic E-state index is 0.0878. The first-order valence-electron chi connectivity index (χ1n) is 7.04. The molecule has 2 heterocycles. The highest BCUT2D eigenvalue weighted by Crippen LogP contribution is 2.38. The van der Waals surface area contributed by atoms with Gasteiger partial charge in [-0.1, -0.05) is 53.4 Å². The van der Waals surface area contributed by atoms with E-state index in [0.29, 0.717) is 0 Å². The first-order valence-corrected chi connectivity index (χ1v) is 8.67. The molecule has 0 unspecified atom stereocenters. The second-order valence-electron chi connectivity index (χ2n) is 7.18. The molecule has 0 N–H and O–H groups in total. The summed E-state index contributed by atoms with van der Waals surface area (Å²) in [6.45, 7) is 12.7. The number of thiazole rings is 2. The normalized spacial score (nSPS) is 12.0. The van der Waals surface area contributed by atoms with Crippen LogP contribution in [0, 0.1) is 24.7 Å². The van der Waals surface area contributed by atoms with Crippen molar-refractivity contribution in [2.75, 3.05) is 0 Å². The molecule has 0 spiro atoms. The maximum atomic E-state index is 5.64. The van der Waals surface area contributed by atoms with Crippen molar-refractivity contribution in [3.63, 3.8) is 0 Å². The Morgan fingerprint density at radius 3 is 1.23 bits per heavy atom. The molecular weight excluding hydrogens is 308 g/mol. The second-order valence-corrected chi connectivity index (χ2v) is 9.18. The largest absolute Gasteiger partial charge is 0.237 e. The minimum Gasteiger partial charge on any atom is -0.237 e. The molecule has 0 aliphatic carbocycles. The van der Waals surface area contributed by atoms with E-state index >= 15 is 0 Å². The smallest absolute Gasteiger partial charge is 0.153 e. The van der Waals surface area contributed by atoms with E-state index in [1.807, 2.05) is 0 Å². The molecule has 0 amide bonds. The Morgan fingerprint density at radius 1 is 0.727 bits per heavy atom. The lowest BCUT2D eigenvalue weighted by atomic mass is 9.91. The minimum atomic E-state index is -0.0878. The average Bonchev–Trinajstić information content (AvgIpc) is 3.00. The van der Waals surface area contributed by atoms with Crippen LogP contribution in [0.1, 0.15) is 62.7 Å². The van der Waals surface area contributed by atoms with Gasteiger partial charge in [-0.15, -0.1) is 35.5 Å². The third kappa shape index (κ3) is 3.09. The Hall–Kier alpha value is -1.62. The Morgan fingerprint density at radius 2 is 1.05 bits per heavy atom. The van der Waals surface area contributed by atoms with E-state index in [2.05, 4.69) is 53.4 Å². The predicted octanol–water partition coefficient (Wildman–Crippen LogP) is 4.82. The number of hydrogen-bond donors (Lipinski definition) is 0. The quantitative estimate of drug-likeness (QED) is 0.701. The molecule has 0 saturated carbocycles. The van der Waals surface area contributed by atoms with E-state index in [-0.39, 0.29) is 10.8 Å². The van der Waals surface area contributed by atoms with E-state index in [9.17, 15) is 0 Å². The second kappa shape index (κ2) is 5.54. The fraction of sp³-hybridized carbons (Fsp3) is 0.444. The highest BCUT2D eigenvalue weighted by atomic mass is 32.1. The Labute approximate surface area is 141 Å². The summed E-state index contributed by atoms with van der Waals surface area (Å²) in [7, 11) is 0. The summed E-state index contributed by atoms with van der Waals surface area (Å²) in [4.78, 5) is 11.2. The maximum Gasteiger partial charge on any atom is 0.153 e. The Balaban J connectivity index is 2.60. The molecule has 2 nitrogen and oxygen atoms in total. The van der Waals surface area contributed by atoms with Crippen molar-refractivity contribution in [1.29, 1.82) is 0 Å². The van der Waals surface area contributed by atoms with Crippen molar-refractivity contribution in [3.8, 4) is 34.7 Å². The first kappa shape index (κ1) is 16.7. The molecule has 0 atom stereocenters. The van der Waals surface area contributed by atoms with E-state index in [1.165, 1.54) is 22.7 Å². The van der Waals surface area contributed by atoms with Gasteiger partial charge in [0.05, 0.1) is 11.4 Å². The third-order valence-electron chi connectivity index (χ3n) is 3.12. The van der Waals surface area contributed by atoms with Gasteiger partial charge >= 0.3 is 0 Å². The summed E-state index contributed by atoms with van der Waals surface area (Å²) >= 11 is 3.03. The van der Waals surface area contributed by atoms with Gasteiger partial charge in [-0.05, 0) is 0 Å². The number of hydrogen-bond acceptors (Lipinski definition) is 4. The van der Waals surface area contributed by atoms with Crippen molar-refractivity contribution >= 4 is 22.7 Å². The van der Waals surface area contributed by atoms with Gasteiger partial charge in [0.2, 0.25) is 0 Å². The summed E-state index contributed by atoms with van der Waals surface area (Å²) in [5.74, 6) is 5.50. The van der Waals surface area contributed by atoms with Crippen LogP contribution in [-0.2, 0) is 10.8 Å². The van der Waals surface area contributed by atoms with Crippen LogP contribution in [0.15, 0.2) is 0 Å². The van der Waals surface area contributed by atoms with Crippen molar-refractivity contribution in [1.82, 2.24) is 9.97 Å². The van der Waals surface area contributed by atoms with Crippen LogP contribution in [0.25, 0.3) is 10.0 Å². The maximum absolute atomic E-state index is 5.64. The molecule has 0 aromatic carbocycles. The van der Waals surface area contributed by atoms with Gasteiger partial charge < -0.3 is 0 Å². The molecule has 114 valence electrons. The zero-order valence-corrected chi connectivity index (χ0v) is 15.5. The molecular formula is C18H20N2S2. The third-order valence-corrected chi connectivity index (χ3v) is 5.24. The van der Waals surface area contributed by atoms with Gasteiger partial charge in [-0.3, -0.25) is 0 Å². The summed E-state index contributed by atoms with van der Waals surface area (Å²) in [5, 5.41) is 1.71. The molecule has 0 fully saturated rings. The molecule has 0 aliphatic rings. The fourth-order valence-electron chi connectivity index (χ4n) is 2.04. The summed E-state index contributed by atoms with van der Waals surface area (Å²) in [6, 6.07) is 0. The highest BCUT2D eigenvalue weighted by Gasteiger charge is 2.27. The van der Waals surface area contributed by atoms with Gasteiger partial charge in [0.15, 0.2) is 10.0 Å². The molecule has 4 heteroatoms. The van der Waals surface area contributed by atoms with Crippen molar-refractivity contribution in [3.05, 3.63) is 21.1 Å². The molecule has 22 heavy (non-hydrogen) atoms. The lowest BCUT2D eigenvalue weighted by Gasteiger charge is -2.15. The molecule has 0 aliphatic heterocycles. The lowest BCUT2D eigenvalue weighted by molar-refractivity contribution is 0.570. The van der Waals surface area contributed by atoms with Crippen LogP contribution in [0.5, 0.6) is 0 Å². The molecule has 0 bridgehead atoms. The molecule has 2 rings (SSSR count). The van der Waals surface area contributed by atoms with Crippen LogP contribution in [0.2, 0.25) is 0 Å². The Kier molecular flexibility index (Phi) is 4.22. The first-order chi connectivity index (χ1) is 10.1. The SMILES string of the molecule is C#Cc1sc(-c2nc(C(C)(C)C)c(C#C)s2)nc1C(C)(C)C. The molecule has 0 radical (unpaired) electrons. The van der Waals surface area contributed by atoms with Gasteiger partial charge in [0, 0.05) is 10.8 Å². The van der Waals surface area contributed by atoms with Gasteiger partial charge in [0.25, 0.3) is 0 Å². The van der Waals surface area contributed by atoms with E-state index in [0.717, 1.165) is 31.2 Å². The molecule has 2 aromatic rings. The topological polar surface area (TPSA) is 25.8 Å². The van der Waals surface area contributed by atoms with Crippen LogP contribution in [-0.4, -0.2) is 9.97 Å². The zero-order valence-electron chi connectivity index (χ0n) is 13.9. The lowest BCUT2D eigenvalue weighted by Crippen LogP contribution is -2.13. The van der Waals surface area contributed by atoms with Crippen molar-refractivity contribution in [2.24, 2.45) is 0 Å². The van der Waals surface area contributed by atoms with E-state index in [4.69, 9.17) is 22.8 Å². The van der Waals surface area contributed by atoms with Gasteiger partial charge in [-0.2, -0.15) is 0 Å². The van der Waals surface area contributed by atoms with Gasteiger partial charge in [0.1, 0.15) is 9.75 Å². The van der Waals surface area contributed by atoms with Crippen LogP contribution < -0.4 is 0 Å². The summed E-state index contributed by atoms with van der Waals surface area (Å²) in [5.41, 5.74) is 1.72. The van der Waals surface area contributed by atoms with E-state index < -0.39 is 0 Å². The summed E-state index contributed by atoms with van der Waals surface area (Å²) < 4.78 is 0. The monoisotopic (exact) mass is 328 g/mol. The van der Waals surface area contributed by atoms with Gasteiger partial charge in [-0.25, -0.2) is 9.97 Å². The number of terminal acetylenes is 2. The standard InChI is InChI=1S/C18H20N2S2/c1-9-11-13(17(3,4)5)19-15(21-11)16-20-14(18(6,7)8)12(10-2)22-16/h1-2H,3-8H3. The van der Waals surface area contributed by atoms with Crippen LogP contribution >= 0.6 is 22.7 Å². The van der Waals surface area contributed by atoms with E-state index in [1.54, 1.807) is 0 Å². The highest BCUT2D eigenvalue weighted by molar-refractivity contribution is 7.22. The number of nitrogens with zero attached hydrogens (tertiary/aromatic N) is 2. The number of aromatic nitrogens is 2. The Bertz CT molecular complexity index is 713. The zero-order chi connectivity index (χ0) is 16.7. The predicted molar refractivity (Wildman–Crippen MR) is 96.5 cm³/mol. The van der Waals surface area contributed by atoms with Crippen molar-refractivity contribution in [2.45, 2.75) is 52.4 Å². The van der Waals surface area contributed by atoms with Crippen LogP contribution in [0.4, 0.5) is 0 Å². The molecule has 0 saturated heterocycles. The number of rotatable bonds is 1. The van der Waals surface area contributed by atoms with Crippen molar-refractivity contribution < 1.29 is 0 Å². The summed E-state index contributed by atoms with van der Waals surface area (Å²) in [6.07, 6.45) is 11.3. The fourth-order valence-corrected chi connectivity index (χ4v) is 4.23. The average molecular weight is 329 g/mol.